The van der Waals surface area contributed by atoms with Crippen LogP contribution in [0.1, 0.15) is 132 Å². The van der Waals surface area contributed by atoms with E-state index < -0.39 is 11.8 Å². The highest BCUT2D eigenvalue weighted by Crippen LogP contribution is 2.30. The van der Waals surface area contributed by atoms with E-state index in [1.165, 1.54) is 19.3 Å². The predicted molar refractivity (Wildman–Crippen MR) is 131 cm³/mol. The Balaban J connectivity index is 0. The van der Waals surface area contributed by atoms with Gasteiger partial charge in [0.25, 0.3) is 0 Å². The fourth-order valence-corrected chi connectivity index (χ4v) is 3.68. The van der Waals surface area contributed by atoms with E-state index >= 15 is 0 Å². The second-order valence-corrected chi connectivity index (χ2v) is 9.15. The second kappa shape index (κ2) is 20.8. The molecule has 7 nitrogen and oxygen atoms in total. The molecule has 1 N–H and O–H groups in total. The Hall–Kier alpha value is -1.79. The lowest BCUT2D eigenvalue weighted by molar-refractivity contribution is -0.149. The topological polar surface area (TPSA) is 99.1 Å². The summed E-state index contributed by atoms with van der Waals surface area (Å²) in [5, 5.41) is 8.88. The lowest BCUT2D eigenvalue weighted by atomic mass is 9.87. The SMILES string of the molecule is CC(C)OC(=O)CCCCC(=O)OC(C)C.CCCCCCC(CCC)(CCC)OC(=O)O. The molecule has 0 radical (unpaired) electrons. The maximum atomic E-state index is 11.1. The summed E-state index contributed by atoms with van der Waals surface area (Å²) in [5.41, 5.74) is -0.428. The van der Waals surface area contributed by atoms with E-state index in [0.717, 1.165) is 38.5 Å². The van der Waals surface area contributed by atoms with Crippen LogP contribution in [0.2, 0.25) is 0 Å². The minimum atomic E-state index is -1.12. The van der Waals surface area contributed by atoms with Crippen LogP contribution >= 0.6 is 0 Å². The molecule has 0 rings (SSSR count). The van der Waals surface area contributed by atoms with E-state index in [1.54, 1.807) is 0 Å². The van der Waals surface area contributed by atoms with Crippen LogP contribution in [0.3, 0.4) is 0 Å². The maximum Gasteiger partial charge on any atom is 0.506 e. The van der Waals surface area contributed by atoms with Gasteiger partial charge in [0.15, 0.2) is 0 Å². The van der Waals surface area contributed by atoms with E-state index in [-0.39, 0.29) is 24.1 Å². The van der Waals surface area contributed by atoms with Gasteiger partial charge in [-0.1, -0.05) is 52.9 Å². The number of carbonyl (C=O) groups excluding carboxylic acids is 2. The van der Waals surface area contributed by atoms with Gasteiger partial charge in [0.1, 0.15) is 5.60 Å². The quantitative estimate of drug-likeness (QED) is 0.133. The molecule has 7 heteroatoms. The summed E-state index contributed by atoms with van der Waals surface area (Å²) in [6.45, 7) is 13.6. The molecule has 0 saturated heterocycles. The number of hydrogen-bond donors (Lipinski definition) is 1. The van der Waals surface area contributed by atoms with Crippen LogP contribution in [0.25, 0.3) is 0 Å². The zero-order chi connectivity index (χ0) is 25.7. The van der Waals surface area contributed by atoms with Gasteiger partial charge in [-0.25, -0.2) is 4.79 Å². The van der Waals surface area contributed by atoms with Crippen molar-refractivity contribution in [2.45, 2.75) is 150 Å². The van der Waals surface area contributed by atoms with Crippen molar-refractivity contribution >= 4 is 18.1 Å². The molecule has 0 spiro atoms. The first-order chi connectivity index (χ1) is 15.5. The van der Waals surface area contributed by atoms with E-state index in [4.69, 9.17) is 19.3 Å². The van der Waals surface area contributed by atoms with Crippen LogP contribution in [0.15, 0.2) is 0 Å². The number of esters is 2. The third kappa shape index (κ3) is 21.8. The van der Waals surface area contributed by atoms with Gasteiger partial charge in [-0.05, 0) is 66.2 Å². The van der Waals surface area contributed by atoms with Crippen molar-refractivity contribution in [2.75, 3.05) is 0 Å². The molecule has 0 aromatic heterocycles. The Kier molecular flexibility index (Phi) is 21.0. The van der Waals surface area contributed by atoms with Crippen molar-refractivity contribution in [1.82, 2.24) is 0 Å². The molecule has 0 aliphatic rings. The fourth-order valence-electron chi connectivity index (χ4n) is 3.68. The van der Waals surface area contributed by atoms with Crippen LogP contribution in [-0.4, -0.2) is 41.0 Å². The van der Waals surface area contributed by atoms with E-state index in [0.29, 0.717) is 25.7 Å². The van der Waals surface area contributed by atoms with Crippen LogP contribution in [0.5, 0.6) is 0 Å². The third-order valence-electron chi connectivity index (χ3n) is 4.95. The maximum absolute atomic E-state index is 11.1. The second-order valence-electron chi connectivity index (χ2n) is 9.15. The number of hydrogen-bond acceptors (Lipinski definition) is 6. The van der Waals surface area contributed by atoms with E-state index in [1.807, 2.05) is 27.7 Å². The molecule has 0 bridgehead atoms. The average molecular weight is 475 g/mol. The summed E-state index contributed by atoms with van der Waals surface area (Å²) in [4.78, 5) is 33.1. The Morgan fingerprint density at radius 1 is 0.667 bits per heavy atom. The molecule has 33 heavy (non-hydrogen) atoms. The van der Waals surface area contributed by atoms with Crippen molar-refractivity contribution < 1.29 is 33.7 Å². The molecule has 0 aliphatic heterocycles. The van der Waals surface area contributed by atoms with Gasteiger partial charge in [0, 0.05) is 12.8 Å². The summed E-state index contributed by atoms with van der Waals surface area (Å²) in [5.74, 6) is -0.403. The lowest BCUT2D eigenvalue weighted by Crippen LogP contribution is -2.34. The van der Waals surface area contributed by atoms with Crippen LogP contribution < -0.4 is 0 Å². The molecule has 0 aliphatic carbocycles. The van der Waals surface area contributed by atoms with Crippen molar-refractivity contribution in [3.05, 3.63) is 0 Å². The van der Waals surface area contributed by atoms with Gasteiger partial charge in [-0.2, -0.15) is 0 Å². The predicted octanol–water partition coefficient (Wildman–Crippen LogP) is 7.44. The highest BCUT2D eigenvalue weighted by Gasteiger charge is 2.32. The van der Waals surface area contributed by atoms with Crippen molar-refractivity contribution in [3.8, 4) is 0 Å². The van der Waals surface area contributed by atoms with Gasteiger partial charge >= 0.3 is 18.1 Å². The molecule has 0 saturated carbocycles. The molecule has 0 fully saturated rings. The van der Waals surface area contributed by atoms with Gasteiger partial charge in [0.05, 0.1) is 12.2 Å². The summed E-state index contributed by atoms with van der Waals surface area (Å²) in [6.07, 6.45) is 9.99. The first-order valence-electron chi connectivity index (χ1n) is 12.8. The molecule has 0 aromatic carbocycles. The fraction of sp³-hybridized carbons (Fsp3) is 0.885. The first kappa shape index (κ1) is 33.4. The zero-order valence-electron chi connectivity index (χ0n) is 22.2. The molecule has 0 aromatic rings. The number of unbranched alkanes of at least 4 members (excludes halogenated alkanes) is 4. The Labute approximate surface area is 201 Å². The van der Waals surface area contributed by atoms with Crippen molar-refractivity contribution in [1.29, 1.82) is 0 Å². The van der Waals surface area contributed by atoms with Crippen molar-refractivity contribution in [2.24, 2.45) is 0 Å². The molecule has 0 amide bonds. The summed E-state index contributed by atoms with van der Waals surface area (Å²) < 4.78 is 15.1. The molecule has 0 unspecified atom stereocenters. The Morgan fingerprint density at radius 2 is 1.12 bits per heavy atom. The highest BCUT2D eigenvalue weighted by molar-refractivity contribution is 5.70. The van der Waals surface area contributed by atoms with E-state index in [9.17, 15) is 14.4 Å². The van der Waals surface area contributed by atoms with Crippen LogP contribution in [-0.2, 0) is 23.8 Å². The average Bonchev–Trinajstić information content (AvgIpc) is 2.68. The zero-order valence-corrected chi connectivity index (χ0v) is 22.2. The van der Waals surface area contributed by atoms with E-state index in [2.05, 4.69) is 20.8 Å². The number of carbonyl (C=O) groups is 3. The standard InChI is InChI=1S/C14H28O3.C12H22O4/c1-4-7-8-9-12-14(10-5-2,11-6-3)17-13(15)16;1-9(2)15-11(13)7-5-6-8-12(14)16-10(3)4/h4-12H2,1-3H3,(H,15,16);9-10H,5-8H2,1-4H3. The van der Waals surface area contributed by atoms with Gasteiger partial charge in [-0.3, -0.25) is 9.59 Å². The molecule has 196 valence electrons. The molecule has 0 atom stereocenters. The molecule has 0 heterocycles. The molecular formula is C26H50O7. The number of rotatable bonds is 17. The number of carboxylic acid groups (broad SMARTS) is 1. The minimum Gasteiger partial charge on any atom is -0.463 e. The minimum absolute atomic E-state index is 0.0709. The lowest BCUT2D eigenvalue weighted by Gasteiger charge is -2.32. The van der Waals surface area contributed by atoms with Crippen LogP contribution in [0.4, 0.5) is 4.79 Å². The summed E-state index contributed by atoms with van der Waals surface area (Å²) in [6, 6.07) is 0. The first-order valence-corrected chi connectivity index (χ1v) is 12.8. The van der Waals surface area contributed by atoms with Gasteiger partial charge in [-0.15, -0.1) is 0 Å². The Bertz CT molecular complexity index is 485. The normalized spacial score (nSPS) is 11.1. The summed E-state index contributed by atoms with van der Waals surface area (Å²) >= 11 is 0. The Morgan fingerprint density at radius 3 is 1.45 bits per heavy atom. The van der Waals surface area contributed by atoms with Gasteiger partial charge < -0.3 is 19.3 Å². The van der Waals surface area contributed by atoms with Gasteiger partial charge in [0.2, 0.25) is 0 Å². The monoisotopic (exact) mass is 474 g/mol. The third-order valence-corrected chi connectivity index (χ3v) is 4.95. The highest BCUT2D eigenvalue weighted by atomic mass is 16.7. The smallest absolute Gasteiger partial charge is 0.463 e. The number of ether oxygens (including phenoxy) is 3. The van der Waals surface area contributed by atoms with Crippen molar-refractivity contribution in [3.63, 3.8) is 0 Å². The summed E-state index contributed by atoms with van der Waals surface area (Å²) in [7, 11) is 0. The molecular weight excluding hydrogens is 424 g/mol. The van der Waals surface area contributed by atoms with Crippen LogP contribution in [0, 0.1) is 0 Å². The largest absolute Gasteiger partial charge is 0.506 e.